The fourth-order valence-electron chi connectivity index (χ4n) is 4.93. The second kappa shape index (κ2) is 6.72. The summed E-state index contributed by atoms with van der Waals surface area (Å²) in [7, 11) is 0. The maximum absolute atomic E-state index is 13.4. The summed E-state index contributed by atoms with van der Waals surface area (Å²) in [6, 6.07) is 14.6. The summed E-state index contributed by atoms with van der Waals surface area (Å²) in [6.07, 6.45) is 2.26. The zero-order valence-corrected chi connectivity index (χ0v) is 16.4. The zero-order valence-electron chi connectivity index (χ0n) is 16.4. The van der Waals surface area contributed by atoms with E-state index in [0.717, 1.165) is 24.1 Å². The third-order valence-electron chi connectivity index (χ3n) is 6.26. The molecule has 3 aliphatic heterocycles. The van der Waals surface area contributed by atoms with Gasteiger partial charge in [0.1, 0.15) is 12.6 Å². The van der Waals surface area contributed by atoms with Gasteiger partial charge in [-0.1, -0.05) is 30.3 Å². The molecule has 5 rings (SSSR count). The van der Waals surface area contributed by atoms with E-state index in [9.17, 15) is 14.4 Å². The first kappa shape index (κ1) is 17.9. The van der Waals surface area contributed by atoms with E-state index in [2.05, 4.69) is 0 Å². The maximum Gasteiger partial charge on any atom is 0.256 e. The van der Waals surface area contributed by atoms with E-state index in [0.29, 0.717) is 24.2 Å². The smallest absolute Gasteiger partial charge is 0.256 e. The van der Waals surface area contributed by atoms with Gasteiger partial charge in [0, 0.05) is 18.3 Å². The maximum atomic E-state index is 13.4. The molecule has 2 aromatic rings. The lowest BCUT2D eigenvalue weighted by molar-refractivity contribution is -0.124. The number of amides is 3. The Morgan fingerprint density at radius 1 is 1.03 bits per heavy atom. The van der Waals surface area contributed by atoms with E-state index in [-0.39, 0.29) is 30.3 Å². The molecule has 2 atom stereocenters. The van der Waals surface area contributed by atoms with Crippen molar-refractivity contribution in [3.05, 3.63) is 59.7 Å². The number of anilines is 2. The Morgan fingerprint density at radius 3 is 2.59 bits per heavy atom. The van der Waals surface area contributed by atoms with E-state index in [1.807, 2.05) is 31.2 Å². The van der Waals surface area contributed by atoms with Gasteiger partial charge in [-0.15, -0.1) is 0 Å². The summed E-state index contributed by atoms with van der Waals surface area (Å²) in [4.78, 5) is 44.7. The molecular formula is C23H23N3O3. The fraction of sp³-hybridized carbons (Fsp3) is 0.348. The summed E-state index contributed by atoms with van der Waals surface area (Å²) in [5, 5.41) is 0. The second-order valence-corrected chi connectivity index (χ2v) is 8.04. The summed E-state index contributed by atoms with van der Waals surface area (Å²) in [6.45, 7) is 2.55. The Balaban J connectivity index is 1.51. The first-order valence-corrected chi connectivity index (χ1v) is 10.2. The molecule has 2 aromatic carbocycles. The summed E-state index contributed by atoms with van der Waals surface area (Å²) in [5.41, 5.74) is 3.09. The highest BCUT2D eigenvalue weighted by Crippen LogP contribution is 2.35. The predicted octanol–water partition coefficient (Wildman–Crippen LogP) is 2.62. The van der Waals surface area contributed by atoms with Gasteiger partial charge in [0.15, 0.2) is 0 Å². The lowest BCUT2D eigenvalue weighted by Crippen LogP contribution is -2.49. The quantitative estimate of drug-likeness (QED) is 0.793. The standard InChI is InChI=1S/C23H23N3O3/c1-15-13-16-7-2-4-9-18(16)26(15)21(27)14-25-19-10-5-3-8-17(19)22(28)24-12-6-11-20(24)23(25)29/h2-5,7-10,15,20H,6,11-14H2,1H3. The van der Waals surface area contributed by atoms with E-state index in [4.69, 9.17) is 0 Å². The molecule has 1 saturated heterocycles. The molecule has 1 fully saturated rings. The number of carbonyl (C=O) groups excluding carboxylic acids is 3. The van der Waals surface area contributed by atoms with Crippen molar-refractivity contribution < 1.29 is 14.4 Å². The lowest BCUT2D eigenvalue weighted by atomic mass is 10.1. The molecule has 3 amide bonds. The normalized spacial score (nSPS) is 23.0. The summed E-state index contributed by atoms with van der Waals surface area (Å²) >= 11 is 0. The van der Waals surface area contributed by atoms with Gasteiger partial charge in [-0.2, -0.15) is 0 Å². The third-order valence-corrected chi connectivity index (χ3v) is 6.26. The molecule has 0 aromatic heterocycles. The van der Waals surface area contributed by atoms with E-state index in [1.165, 1.54) is 4.90 Å². The van der Waals surface area contributed by atoms with Gasteiger partial charge in [-0.05, 0) is 49.9 Å². The van der Waals surface area contributed by atoms with Crippen LogP contribution in [0, 0.1) is 0 Å². The number of hydrogen-bond acceptors (Lipinski definition) is 3. The first-order chi connectivity index (χ1) is 14.1. The Bertz CT molecular complexity index is 1020. The first-order valence-electron chi connectivity index (χ1n) is 10.2. The number of fused-ring (bicyclic) bond motifs is 3. The average Bonchev–Trinajstić information content (AvgIpc) is 3.33. The van der Waals surface area contributed by atoms with Crippen LogP contribution in [0.4, 0.5) is 11.4 Å². The minimum Gasteiger partial charge on any atom is -0.327 e. The van der Waals surface area contributed by atoms with Gasteiger partial charge in [-0.3, -0.25) is 14.4 Å². The van der Waals surface area contributed by atoms with Crippen LogP contribution in [0.15, 0.2) is 48.5 Å². The largest absolute Gasteiger partial charge is 0.327 e. The van der Waals surface area contributed by atoms with Gasteiger partial charge < -0.3 is 14.7 Å². The van der Waals surface area contributed by atoms with Gasteiger partial charge in [0.25, 0.3) is 5.91 Å². The molecule has 0 N–H and O–H groups in total. The minimum atomic E-state index is -0.481. The molecule has 29 heavy (non-hydrogen) atoms. The van der Waals surface area contributed by atoms with Crippen molar-refractivity contribution in [1.82, 2.24) is 4.90 Å². The Morgan fingerprint density at radius 2 is 1.76 bits per heavy atom. The Labute approximate surface area is 169 Å². The van der Waals surface area contributed by atoms with Crippen LogP contribution < -0.4 is 9.80 Å². The van der Waals surface area contributed by atoms with Gasteiger partial charge in [0.05, 0.1) is 11.3 Å². The van der Waals surface area contributed by atoms with Crippen molar-refractivity contribution in [3.63, 3.8) is 0 Å². The molecule has 0 spiro atoms. The van der Waals surface area contributed by atoms with Crippen LogP contribution >= 0.6 is 0 Å². The van der Waals surface area contributed by atoms with Crippen LogP contribution in [0.25, 0.3) is 0 Å². The molecule has 148 valence electrons. The van der Waals surface area contributed by atoms with Crippen LogP contribution in [-0.2, 0) is 16.0 Å². The molecule has 2 unspecified atom stereocenters. The highest BCUT2D eigenvalue weighted by molar-refractivity contribution is 6.14. The SMILES string of the molecule is CC1Cc2ccccc2N1C(=O)CN1C(=O)C2CCCN2C(=O)c2ccccc21. The van der Waals surface area contributed by atoms with Crippen molar-refractivity contribution in [1.29, 1.82) is 0 Å². The topological polar surface area (TPSA) is 60.9 Å². The fourth-order valence-corrected chi connectivity index (χ4v) is 4.93. The van der Waals surface area contributed by atoms with Crippen molar-refractivity contribution in [3.8, 4) is 0 Å². The van der Waals surface area contributed by atoms with Crippen molar-refractivity contribution in [2.24, 2.45) is 0 Å². The Hall–Kier alpha value is -3.15. The monoisotopic (exact) mass is 389 g/mol. The van der Waals surface area contributed by atoms with Crippen LogP contribution in [0.5, 0.6) is 0 Å². The highest BCUT2D eigenvalue weighted by Gasteiger charge is 2.43. The predicted molar refractivity (Wildman–Crippen MR) is 110 cm³/mol. The molecule has 0 saturated carbocycles. The van der Waals surface area contributed by atoms with Crippen LogP contribution in [-0.4, -0.2) is 47.8 Å². The number of carbonyl (C=O) groups is 3. The van der Waals surface area contributed by atoms with Crippen molar-refractivity contribution in [2.75, 3.05) is 22.9 Å². The highest BCUT2D eigenvalue weighted by atomic mass is 16.2. The van der Waals surface area contributed by atoms with E-state index < -0.39 is 6.04 Å². The Kier molecular flexibility index (Phi) is 4.15. The zero-order chi connectivity index (χ0) is 20.1. The molecule has 6 nitrogen and oxygen atoms in total. The molecule has 3 aliphatic rings. The minimum absolute atomic E-state index is 0.0434. The molecule has 0 radical (unpaired) electrons. The van der Waals surface area contributed by atoms with Crippen LogP contribution in [0.1, 0.15) is 35.7 Å². The van der Waals surface area contributed by atoms with Crippen molar-refractivity contribution in [2.45, 2.75) is 38.3 Å². The van der Waals surface area contributed by atoms with Crippen LogP contribution in [0.2, 0.25) is 0 Å². The third kappa shape index (κ3) is 2.74. The molecule has 6 heteroatoms. The van der Waals surface area contributed by atoms with Gasteiger partial charge in [0.2, 0.25) is 11.8 Å². The summed E-state index contributed by atoms with van der Waals surface area (Å²) < 4.78 is 0. The lowest BCUT2D eigenvalue weighted by Gasteiger charge is -2.29. The number of nitrogens with zero attached hydrogens (tertiary/aromatic N) is 3. The number of para-hydroxylation sites is 2. The van der Waals surface area contributed by atoms with E-state index in [1.54, 1.807) is 34.1 Å². The summed E-state index contributed by atoms with van der Waals surface area (Å²) in [5.74, 6) is -0.398. The average molecular weight is 389 g/mol. The number of hydrogen-bond donors (Lipinski definition) is 0. The second-order valence-electron chi connectivity index (χ2n) is 8.04. The molecule has 0 bridgehead atoms. The molecule has 0 aliphatic carbocycles. The van der Waals surface area contributed by atoms with E-state index >= 15 is 0 Å². The number of rotatable bonds is 2. The molecular weight excluding hydrogens is 366 g/mol. The van der Waals surface area contributed by atoms with Crippen LogP contribution in [0.3, 0.4) is 0 Å². The van der Waals surface area contributed by atoms with Gasteiger partial charge in [-0.25, -0.2) is 0 Å². The molecule has 3 heterocycles. The number of benzene rings is 2. The van der Waals surface area contributed by atoms with Gasteiger partial charge >= 0.3 is 0 Å². The van der Waals surface area contributed by atoms with Crippen molar-refractivity contribution >= 4 is 29.1 Å².